The maximum Gasteiger partial charge on any atom is 0.270 e. The van der Waals surface area contributed by atoms with Gasteiger partial charge >= 0.3 is 0 Å². The number of carbonyl (C=O) groups excluding carboxylic acids is 2. The van der Waals surface area contributed by atoms with Crippen LogP contribution in [0.3, 0.4) is 0 Å². The van der Waals surface area contributed by atoms with Crippen molar-refractivity contribution < 1.29 is 19.1 Å². The number of thiocarbonyl (C=S) groups is 1. The Morgan fingerprint density at radius 3 is 1.95 bits per heavy atom. The van der Waals surface area contributed by atoms with E-state index in [0.29, 0.717) is 35.0 Å². The molecule has 1 heterocycles. The van der Waals surface area contributed by atoms with Crippen LogP contribution in [0.1, 0.15) is 16.7 Å². The molecule has 1 fully saturated rings. The summed E-state index contributed by atoms with van der Waals surface area (Å²) in [4.78, 5) is 30.4. The van der Waals surface area contributed by atoms with E-state index in [0.717, 1.165) is 11.1 Å². The highest BCUT2D eigenvalue weighted by molar-refractivity contribution is 7.81. The first-order valence-electron chi connectivity index (χ1n) is 12.4. The van der Waals surface area contributed by atoms with Gasteiger partial charge in [0.05, 0.1) is 18.5 Å². The van der Waals surface area contributed by atoms with Crippen LogP contribution < -0.4 is 19.3 Å². The number of aryl methyl sites for hydroxylation is 1. The molecule has 0 spiro atoms. The Balaban J connectivity index is 1.59. The fraction of sp³-hybridized carbons (Fsp3) is 0.0938. The average Bonchev–Trinajstić information content (AvgIpc) is 2.96. The normalized spacial score (nSPS) is 13.5. The van der Waals surface area contributed by atoms with Crippen molar-refractivity contribution in [1.82, 2.24) is 0 Å². The molecule has 39 heavy (non-hydrogen) atoms. The lowest BCUT2D eigenvalue weighted by atomic mass is 10.0. The summed E-state index contributed by atoms with van der Waals surface area (Å²) in [6.45, 7) is 2.33. The van der Waals surface area contributed by atoms with Crippen molar-refractivity contribution in [3.05, 3.63) is 125 Å². The molecule has 7 heteroatoms. The van der Waals surface area contributed by atoms with Crippen molar-refractivity contribution in [3.63, 3.8) is 0 Å². The Morgan fingerprint density at radius 2 is 1.38 bits per heavy atom. The Labute approximate surface area is 232 Å². The van der Waals surface area contributed by atoms with Gasteiger partial charge in [-0.3, -0.25) is 19.4 Å². The molecular formula is C32H26N2O4S. The zero-order valence-electron chi connectivity index (χ0n) is 21.5. The third-order valence-electron chi connectivity index (χ3n) is 6.28. The van der Waals surface area contributed by atoms with Crippen LogP contribution in [-0.4, -0.2) is 24.0 Å². The third kappa shape index (κ3) is 5.44. The van der Waals surface area contributed by atoms with Crippen molar-refractivity contribution in [2.45, 2.75) is 13.5 Å². The number of anilines is 2. The summed E-state index contributed by atoms with van der Waals surface area (Å²) in [5, 5.41) is 0.0881. The van der Waals surface area contributed by atoms with Gasteiger partial charge in [-0.15, -0.1) is 0 Å². The van der Waals surface area contributed by atoms with E-state index < -0.39 is 11.8 Å². The SMILES string of the molecule is COc1ccc(C=C2C(=O)N(c3ccccc3)C(=S)N(c3ccccc3)C2=O)c(OCc2cccc(C)c2)c1. The first-order valence-corrected chi connectivity index (χ1v) is 12.8. The second-order valence-electron chi connectivity index (χ2n) is 8.97. The topological polar surface area (TPSA) is 59.1 Å². The molecule has 1 aliphatic heterocycles. The van der Waals surface area contributed by atoms with E-state index in [4.69, 9.17) is 21.7 Å². The predicted octanol–water partition coefficient (Wildman–Crippen LogP) is 6.33. The Hall–Kier alpha value is -4.75. The molecule has 4 aromatic carbocycles. The molecule has 5 rings (SSSR count). The van der Waals surface area contributed by atoms with Crippen LogP contribution >= 0.6 is 12.2 Å². The fourth-order valence-electron chi connectivity index (χ4n) is 4.34. The van der Waals surface area contributed by atoms with E-state index >= 15 is 0 Å². The monoisotopic (exact) mass is 534 g/mol. The van der Waals surface area contributed by atoms with Crippen molar-refractivity contribution in [2.24, 2.45) is 0 Å². The minimum absolute atomic E-state index is 0.0399. The smallest absolute Gasteiger partial charge is 0.270 e. The second kappa shape index (κ2) is 11.3. The fourth-order valence-corrected chi connectivity index (χ4v) is 4.72. The van der Waals surface area contributed by atoms with Gasteiger partial charge in [0, 0.05) is 11.6 Å². The lowest BCUT2D eigenvalue weighted by Crippen LogP contribution is -2.56. The summed E-state index contributed by atoms with van der Waals surface area (Å²) < 4.78 is 11.6. The molecule has 0 radical (unpaired) electrons. The van der Waals surface area contributed by atoms with Gasteiger partial charge in [0.25, 0.3) is 11.8 Å². The molecule has 2 amide bonds. The molecule has 1 aliphatic rings. The van der Waals surface area contributed by atoms with Gasteiger partial charge in [0.1, 0.15) is 23.7 Å². The molecule has 0 N–H and O–H groups in total. The van der Waals surface area contributed by atoms with Crippen molar-refractivity contribution in [3.8, 4) is 11.5 Å². The van der Waals surface area contributed by atoms with Gasteiger partial charge < -0.3 is 9.47 Å². The van der Waals surface area contributed by atoms with Crippen LogP contribution in [0.2, 0.25) is 0 Å². The summed E-state index contributed by atoms with van der Waals surface area (Å²) in [6.07, 6.45) is 1.56. The minimum Gasteiger partial charge on any atom is -0.497 e. The molecule has 0 unspecified atom stereocenters. The van der Waals surface area contributed by atoms with E-state index in [1.54, 1.807) is 55.7 Å². The summed E-state index contributed by atoms with van der Waals surface area (Å²) in [7, 11) is 1.57. The quantitative estimate of drug-likeness (QED) is 0.158. The summed E-state index contributed by atoms with van der Waals surface area (Å²) in [5.41, 5.74) is 3.78. The number of para-hydroxylation sites is 2. The Morgan fingerprint density at radius 1 is 0.769 bits per heavy atom. The van der Waals surface area contributed by atoms with Crippen LogP contribution in [0.15, 0.2) is 109 Å². The highest BCUT2D eigenvalue weighted by Gasteiger charge is 2.41. The average molecular weight is 535 g/mol. The summed E-state index contributed by atoms with van der Waals surface area (Å²) in [5.74, 6) is 0.0537. The molecule has 4 aromatic rings. The molecule has 194 valence electrons. The largest absolute Gasteiger partial charge is 0.497 e. The van der Waals surface area contributed by atoms with Gasteiger partial charge in [-0.25, -0.2) is 0 Å². The molecule has 1 saturated heterocycles. The summed E-state index contributed by atoms with van der Waals surface area (Å²) >= 11 is 5.69. The number of nitrogens with zero attached hydrogens (tertiary/aromatic N) is 2. The maximum atomic E-state index is 13.8. The van der Waals surface area contributed by atoms with Gasteiger partial charge in [-0.05, 0) is 67.2 Å². The Bertz CT molecular complexity index is 1500. The zero-order chi connectivity index (χ0) is 27.4. The number of carbonyl (C=O) groups is 2. The van der Waals surface area contributed by atoms with Crippen LogP contribution in [0.4, 0.5) is 11.4 Å². The number of hydrogen-bond donors (Lipinski definition) is 0. The van der Waals surface area contributed by atoms with Gasteiger partial charge in [0.2, 0.25) is 0 Å². The van der Waals surface area contributed by atoms with Crippen molar-refractivity contribution >= 4 is 46.6 Å². The lowest BCUT2D eigenvalue weighted by Gasteiger charge is -2.36. The highest BCUT2D eigenvalue weighted by Crippen LogP contribution is 2.33. The van der Waals surface area contributed by atoms with Crippen molar-refractivity contribution in [1.29, 1.82) is 0 Å². The predicted molar refractivity (Wildman–Crippen MR) is 157 cm³/mol. The molecule has 0 saturated carbocycles. The van der Waals surface area contributed by atoms with E-state index in [2.05, 4.69) is 0 Å². The second-order valence-corrected chi connectivity index (χ2v) is 9.34. The third-order valence-corrected chi connectivity index (χ3v) is 6.64. The standard InChI is InChI=1S/C32H26N2O4S/c1-22-10-9-11-23(18-22)21-38-29-20-27(37-2)17-16-24(29)19-28-30(35)33(25-12-5-3-6-13-25)32(39)34(31(28)36)26-14-7-4-8-15-26/h3-20H,21H2,1-2H3. The first-order chi connectivity index (χ1) is 19.0. The number of hydrogen-bond acceptors (Lipinski definition) is 5. The maximum absolute atomic E-state index is 13.8. The van der Waals surface area contributed by atoms with Crippen molar-refractivity contribution in [2.75, 3.05) is 16.9 Å². The summed E-state index contributed by atoms with van der Waals surface area (Å²) in [6, 6.07) is 31.4. The van der Waals surface area contributed by atoms with Crippen LogP contribution in [0.25, 0.3) is 6.08 Å². The van der Waals surface area contributed by atoms with E-state index in [-0.39, 0.29) is 10.7 Å². The molecular weight excluding hydrogens is 508 g/mol. The van der Waals surface area contributed by atoms with E-state index in [9.17, 15) is 9.59 Å². The highest BCUT2D eigenvalue weighted by atomic mass is 32.1. The number of ether oxygens (including phenoxy) is 2. The first kappa shape index (κ1) is 25.9. The van der Waals surface area contributed by atoms with E-state index in [1.807, 2.05) is 67.6 Å². The number of benzene rings is 4. The Kier molecular flexibility index (Phi) is 7.52. The molecule has 0 aromatic heterocycles. The molecule has 0 atom stereocenters. The van der Waals surface area contributed by atoms with Crippen LogP contribution in [0, 0.1) is 6.92 Å². The number of amides is 2. The van der Waals surface area contributed by atoms with Crippen LogP contribution in [0.5, 0.6) is 11.5 Å². The van der Waals surface area contributed by atoms with Crippen LogP contribution in [-0.2, 0) is 16.2 Å². The number of rotatable bonds is 7. The van der Waals surface area contributed by atoms with Gasteiger partial charge in [0.15, 0.2) is 5.11 Å². The zero-order valence-corrected chi connectivity index (χ0v) is 22.4. The minimum atomic E-state index is -0.510. The molecule has 0 aliphatic carbocycles. The van der Waals surface area contributed by atoms with Gasteiger partial charge in [-0.1, -0.05) is 66.2 Å². The lowest BCUT2D eigenvalue weighted by molar-refractivity contribution is -0.120. The number of methoxy groups -OCH3 is 1. The molecule has 6 nitrogen and oxygen atoms in total. The van der Waals surface area contributed by atoms with Gasteiger partial charge in [-0.2, -0.15) is 0 Å². The van der Waals surface area contributed by atoms with E-state index in [1.165, 1.54) is 9.80 Å². The molecule has 0 bridgehead atoms.